The molecule has 3 aromatic rings. The number of carboxylic acid groups (broad SMARTS) is 1. The Morgan fingerprint density at radius 3 is 2.18 bits per heavy atom. The number of anilines is 2. The van der Waals surface area contributed by atoms with E-state index in [4.69, 9.17) is 0 Å². The van der Waals surface area contributed by atoms with E-state index >= 15 is 0 Å². The maximum absolute atomic E-state index is 13.2. The Balaban J connectivity index is 1.62. The second kappa shape index (κ2) is 9.55. The fourth-order valence-corrected chi connectivity index (χ4v) is 4.85. The van der Waals surface area contributed by atoms with E-state index in [0.717, 1.165) is 39.6 Å². The molecule has 0 bridgehead atoms. The number of aliphatic carboxylic acids is 1. The average Bonchev–Trinajstić information content (AvgIpc) is 3.24. The Kier molecular flexibility index (Phi) is 6.54. The lowest BCUT2D eigenvalue weighted by Gasteiger charge is -2.20. The van der Waals surface area contributed by atoms with E-state index in [-0.39, 0.29) is 0 Å². The molecular weight excluding hydrogens is 430 g/mol. The highest BCUT2D eigenvalue weighted by molar-refractivity contribution is 6.10. The van der Waals surface area contributed by atoms with E-state index in [0.29, 0.717) is 24.1 Å². The summed E-state index contributed by atoms with van der Waals surface area (Å²) in [6, 6.07) is 14.2. The molecule has 34 heavy (non-hydrogen) atoms. The summed E-state index contributed by atoms with van der Waals surface area (Å²) < 4.78 is 0. The van der Waals surface area contributed by atoms with Crippen molar-refractivity contribution in [1.29, 1.82) is 0 Å². The van der Waals surface area contributed by atoms with Crippen LogP contribution in [0.4, 0.5) is 16.2 Å². The number of carboxylic acids is 1. The Labute approximate surface area is 198 Å². The maximum Gasteiger partial charge on any atom is 0.323 e. The van der Waals surface area contributed by atoms with Crippen LogP contribution < -0.4 is 16.0 Å². The number of hydrogen-bond acceptors (Lipinski definition) is 3. The van der Waals surface area contributed by atoms with E-state index < -0.39 is 29.9 Å². The van der Waals surface area contributed by atoms with Crippen molar-refractivity contribution >= 4 is 40.1 Å². The highest BCUT2D eigenvalue weighted by Crippen LogP contribution is 2.29. The second-order valence-corrected chi connectivity index (χ2v) is 9.05. The van der Waals surface area contributed by atoms with Gasteiger partial charge in [-0.05, 0) is 67.6 Å². The van der Waals surface area contributed by atoms with Gasteiger partial charge in [0, 0.05) is 11.7 Å². The van der Waals surface area contributed by atoms with Crippen LogP contribution in [-0.2, 0) is 4.79 Å². The van der Waals surface area contributed by atoms with E-state index in [9.17, 15) is 19.5 Å². The molecule has 1 aliphatic carbocycles. The maximum atomic E-state index is 13.2. The highest BCUT2D eigenvalue weighted by Gasteiger charge is 2.34. The monoisotopic (exact) mass is 459 g/mol. The molecule has 1 saturated carbocycles. The number of rotatable bonds is 5. The lowest BCUT2D eigenvalue weighted by Crippen LogP contribution is -2.40. The molecule has 4 N–H and O–H groups in total. The molecule has 1 fully saturated rings. The highest BCUT2D eigenvalue weighted by atomic mass is 16.4. The molecule has 0 saturated heterocycles. The minimum absolute atomic E-state index is 0.294. The van der Waals surface area contributed by atoms with Gasteiger partial charge in [-0.1, -0.05) is 48.4 Å². The van der Waals surface area contributed by atoms with Gasteiger partial charge in [0.25, 0.3) is 5.91 Å². The van der Waals surface area contributed by atoms with Crippen molar-refractivity contribution in [3.8, 4) is 0 Å². The molecule has 2 unspecified atom stereocenters. The Bertz CT molecular complexity index is 1260. The third-order valence-corrected chi connectivity index (χ3v) is 6.44. The minimum Gasteiger partial charge on any atom is -0.481 e. The quantitative estimate of drug-likeness (QED) is 0.410. The van der Waals surface area contributed by atoms with Crippen LogP contribution in [0.15, 0.2) is 48.5 Å². The van der Waals surface area contributed by atoms with Gasteiger partial charge in [0.05, 0.1) is 17.2 Å². The molecule has 1 aliphatic rings. The molecule has 0 radical (unpaired) electrons. The van der Waals surface area contributed by atoms with Crippen molar-refractivity contribution in [3.63, 3.8) is 0 Å². The predicted octanol–water partition coefficient (Wildman–Crippen LogP) is 5.39. The lowest BCUT2D eigenvalue weighted by molar-refractivity contribution is -0.142. The SMILES string of the molecule is Cc1cc(C)c(NC(=O)Nc2cc3ccccc3cc2C(=O)NC2CCCC2C(=O)O)c(C)c1. The lowest BCUT2D eigenvalue weighted by atomic mass is 10.0. The van der Waals surface area contributed by atoms with Crippen molar-refractivity contribution in [2.24, 2.45) is 5.92 Å². The molecule has 0 spiro atoms. The van der Waals surface area contributed by atoms with Gasteiger partial charge in [0.15, 0.2) is 0 Å². The number of carbonyl (C=O) groups excluding carboxylic acids is 2. The first-order valence-corrected chi connectivity index (χ1v) is 11.4. The zero-order chi connectivity index (χ0) is 24.4. The molecule has 4 rings (SSSR count). The summed E-state index contributed by atoms with van der Waals surface area (Å²) in [5.41, 5.74) is 4.39. The summed E-state index contributed by atoms with van der Waals surface area (Å²) in [7, 11) is 0. The fourth-order valence-electron chi connectivity index (χ4n) is 4.85. The number of hydrogen-bond donors (Lipinski definition) is 4. The largest absolute Gasteiger partial charge is 0.481 e. The van der Waals surface area contributed by atoms with Crippen LogP contribution in [0.2, 0.25) is 0 Å². The Morgan fingerprint density at radius 2 is 1.53 bits per heavy atom. The zero-order valence-corrected chi connectivity index (χ0v) is 19.6. The average molecular weight is 460 g/mol. The van der Waals surface area contributed by atoms with Crippen LogP contribution in [0.5, 0.6) is 0 Å². The molecule has 2 atom stereocenters. The third-order valence-electron chi connectivity index (χ3n) is 6.44. The molecular formula is C27H29N3O4. The Morgan fingerprint density at radius 1 is 0.882 bits per heavy atom. The second-order valence-electron chi connectivity index (χ2n) is 9.05. The minimum atomic E-state index is -0.900. The first kappa shape index (κ1) is 23.3. The topological polar surface area (TPSA) is 108 Å². The summed E-state index contributed by atoms with van der Waals surface area (Å²) in [4.78, 5) is 37.7. The summed E-state index contributed by atoms with van der Waals surface area (Å²) >= 11 is 0. The van der Waals surface area contributed by atoms with Crippen LogP contribution in [0, 0.1) is 26.7 Å². The van der Waals surface area contributed by atoms with Crippen molar-refractivity contribution in [1.82, 2.24) is 5.32 Å². The van der Waals surface area contributed by atoms with Crippen LogP contribution in [-0.4, -0.2) is 29.1 Å². The van der Waals surface area contributed by atoms with Crippen LogP contribution in [0.1, 0.15) is 46.3 Å². The standard InChI is InChI=1S/C27H29N3O4/c1-15-11-16(2)24(17(3)12-15)30-27(34)29-23-14-19-8-5-4-7-18(19)13-21(23)25(31)28-22-10-6-9-20(22)26(32)33/h4-5,7-8,11-14,20,22H,6,9-10H2,1-3H3,(H,28,31)(H,32,33)(H2,29,30,34). The third kappa shape index (κ3) is 4.88. The van der Waals surface area contributed by atoms with Crippen molar-refractivity contribution in [2.75, 3.05) is 10.6 Å². The number of carbonyl (C=O) groups is 3. The molecule has 0 aliphatic heterocycles. The molecule has 176 valence electrons. The van der Waals surface area contributed by atoms with Crippen molar-refractivity contribution in [2.45, 2.75) is 46.1 Å². The van der Waals surface area contributed by atoms with E-state index in [2.05, 4.69) is 16.0 Å². The van der Waals surface area contributed by atoms with Crippen LogP contribution >= 0.6 is 0 Å². The van der Waals surface area contributed by atoms with E-state index in [1.165, 1.54) is 0 Å². The van der Waals surface area contributed by atoms with Crippen molar-refractivity contribution < 1.29 is 19.5 Å². The number of benzene rings is 3. The van der Waals surface area contributed by atoms with Gasteiger partial charge in [0.2, 0.25) is 0 Å². The van der Waals surface area contributed by atoms with Crippen LogP contribution in [0.3, 0.4) is 0 Å². The molecule has 0 aromatic heterocycles. The fraction of sp³-hybridized carbons (Fsp3) is 0.296. The molecule has 3 aromatic carbocycles. The number of fused-ring (bicyclic) bond motifs is 1. The molecule has 7 nitrogen and oxygen atoms in total. The molecule has 0 heterocycles. The van der Waals surface area contributed by atoms with Crippen LogP contribution in [0.25, 0.3) is 10.8 Å². The number of urea groups is 1. The number of aryl methyl sites for hydroxylation is 3. The smallest absolute Gasteiger partial charge is 0.323 e. The predicted molar refractivity (Wildman–Crippen MR) is 133 cm³/mol. The summed E-state index contributed by atoms with van der Waals surface area (Å²) in [5, 5.41) is 19.8. The zero-order valence-electron chi connectivity index (χ0n) is 19.6. The molecule has 7 heteroatoms. The van der Waals surface area contributed by atoms with Gasteiger partial charge in [-0.2, -0.15) is 0 Å². The van der Waals surface area contributed by atoms with Gasteiger partial charge in [0.1, 0.15) is 0 Å². The molecule has 3 amide bonds. The van der Waals surface area contributed by atoms with E-state index in [1.807, 2.05) is 57.2 Å². The van der Waals surface area contributed by atoms with Gasteiger partial charge >= 0.3 is 12.0 Å². The number of amides is 3. The summed E-state index contributed by atoms with van der Waals surface area (Å²) in [6.07, 6.45) is 1.91. The van der Waals surface area contributed by atoms with Gasteiger partial charge in [-0.25, -0.2) is 4.79 Å². The Hall–Kier alpha value is -3.87. The normalized spacial score (nSPS) is 17.4. The number of nitrogens with one attached hydrogen (secondary N) is 3. The summed E-state index contributed by atoms with van der Waals surface area (Å²) in [6.45, 7) is 5.87. The van der Waals surface area contributed by atoms with Gasteiger partial charge < -0.3 is 21.1 Å². The first-order chi connectivity index (χ1) is 16.2. The first-order valence-electron chi connectivity index (χ1n) is 11.4. The van der Waals surface area contributed by atoms with Gasteiger partial charge in [-0.15, -0.1) is 0 Å². The van der Waals surface area contributed by atoms with Crippen molar-refractivity contribution in [3.05, 3.63) is 70.8 Å². The summed E-state index contributed by atoms with van der Waals surface area (Å²) in [5.74, 6) is -1.90. The van der Waals surface area contributed by atoms with Gasteiger partial charge in [-0.3, -0.25) is 9.59 Å². The van der Waals surface area contributed by atoms with E-state index in [1.54, 1.807) is 12.1 Å².